The molecular weight excluding hydrogens is 849 g/mol. The molecule has 0 atom stereocenters. The van der Waals surface area contributed by atoms with E-state index < -0.39 is 0 Å². The molecule has 0 saturated heterocycles. The number of fused-ring (bicyclic) bond motifs is 4. The van der Waals surface area contributed by atoms with Gasteiger partial charge in [-0.05, 0) is 125 Å². The predicted octanol–water partition coefficient (Wildman–Crippen LogP) is 17.2. The van der Waals surface area contributed by atoms with Crippen LogP contribution in [0.3, 0.4) is 0 Å². The van der Waals surface area contributed by atoms with Gasteiger partial charge in [-0.3, -0.25) is 9.97 Å². The molecule has 13 rings (SSSR count). The van der Waals surface area contributed by atoms with Gasteiger partial charge in [0, 0.05) is 40.2 Å². The van der Waals surface area contributed by atoms with E-state index >= 15 is 0 Å². The average Bonchev–Trinajstić information content (AvgIpc) is 3.44. The lowest BCUT2D eigenvalue weighted by molar-refractivity contribution is 1.18. The summed E-state index contributed by atoms with van der Waals surface area (Å²) in [5.41, 5.74) is 15.7. The molecular formula is C66H42N4. The Morgan fingerprint density at radius 1 is 0.214 bits per heavy atom. The molecule has 0 aliphatic carbocycles. The summed E-state index contributed by atoms with van der Waals surface area (Å²) < 4.78 is 0. The highest BCUT2D eigenvalue weighted by atomic mass is 14.9. The zero-order valence-electron chi connectivity index (χ0n) is 38.0. The number of pyridine rings is 2. The van der Waals surface area contributed by atoms with Crippen molar-refractivity contribution in [1.82, 2.24) is 19.9 Å². The van der Waals surface area contributed by atoms with Crippen LogP contribution < -0.4 is 0 Å². The van der Waals surface area contributed by atoms with Crippen molar-refractivity contribution in [1.29, 1.82) is 0 Å². The largest absolute Gasteiger partial charge is 0.256 e. The standard InChI is InChI=1S/C66H42N4/c1-3-13-51-39-54(33-21-43(51)11-1)64-56-15-5-6-16-57(56)65(55-34-22-44-12-2-4-14-52(44)40-55)59-41-53(35-36-58(59)64)45-19-31-50(32-20-45)66-69-62(48-27-23-46(24-28-48)60-17-7-9-37-67-60)42-63(70-66)49-29-25-47(26-30-49)61-18-8-10-38-68-61/h1-42H. The van der Waals surface area contributed by atoms with Gasteiger partial charge in [-0.25, -0.2) is 9.97 Å². The van der Waals surface area contributed by atoms with E-state index in [4.69, 9.17) is 9.97 Å². The summed E-state index contributed by atoms with van der Waals surface area (Å²) in [4.78, 5) is 19.6. The lowest BCUT2D eigenvalue weighted by atomic mass is 9.84. The predicted molar refractivity (Wildman–Crippen MR) is 291 cm³/mol. The molecule has 4 nitrogen and oxygen atoms in total. The number of hydrogen-bond acceptors (Lipinski definition) is 4. The van der Waals surface area contributed by atoms with Crippen molar-refractivity contribution in [2.45, 2.75) is 0 Å². The van der Waals surface area contributed by atoms with Gasteiger partial charge in [-0.2, -0.15) is 0 Å². The van der Waals surface area contributed by atoms with Crippen LogP contribution in [0.5, 0.6) is 0 Å². The quantitative estimate of drug-likeness (QED) is 0.143. The second-order valence-electron chi connectivity index (χ2n) is 17.8. The summed E-state index contributed by atoms with van der Waals surface area (Å²) in [7, 11) is 0. The molecule has 326 valence electrons. The Morgan fingerprint density at radius 3 is 1.10 bits per heavy atom. The topological polar surface area (TPSA) is 51.6 Å². The monoisotopic (exact) mass is 890 g/mol. The van der Waals surface area contributed by atoms with Gasteiger partial charge in [0.2, 0.25) is 0 Å². The van der Waals surface area contributed by atoms with E-state index in [1.165, 1.54) is 65.3 Å². The maximum atomic E-state index is 5.23. The maximum Gasteiger partial charge on any atom is 0.160 e. The smallest absolute Gasteiger partial charge is 0.160 e. The lowest BCUT2D eigenvalue weighted by Gasteiger charge is -2.19. The molecule has 4 heteroatoms. The van der Waals surface area contributed by atoms with Crippen LogP contribution in [0, 0.1) is 0 Å². The molecule has 0 saturated carbocycles. The lowest BCUT2D eigenvalue weighted by Crippen LogP contribution is -1.96. The second-order valence-corrected chi connectivity index (χ2v) is 17.8. The first-order valence-corrected chi connectivity index (χ1v) is 23.7. The van der Waals surface area contributed by atoms with Crippen molar-refractivity contribution in [3.63, 3.8) is 0 Å². The Kier molecular flexibility index (Phi) is 10.1. The highest BCUT2D eigenvalue weighted by Crippen LogP contribution is 2.46. The molecule has 0 aliphatic rings. The number of rotatable bonds is 8. The molecule has 0 bridgehead atoms. The van der Waals surface area contributed by atoms with Crippen LogP contribution in [-0.2, 0) is 0 Å². The Balaban J connectivity index is 0.937. The molecule has 0 spiro atoms. The fraction of sp³-hybridized carbons (Fsp3) is 0. The Hall–Kier alpha value is -9.38. The van der Waals surface area contributed by atoms with E-state index in [0.717, 1.165) is 61.7 Å². The van der Waals surface area contributed by atoms with Gasteiger partial charge in [0.15, 0.2) is 5.82 Å². The van der Waals surface area contributed by atoms with Gasteiger partial charge in [0.1, 0.15) is 0 Å². The molecule has 0 amide bonds. The SMILES string of the molecule is c1ccc(-c2ccc(-c3cc(-c4ccc(-c5ccccn5)cc4)nc(-c4ccc(-c5ccc6c(-c7ccc8ccccc8c7)c7ccccc7c(-c7ccc8ccccc8c7)c6c5)cc4)n3)cc2)nc1. The molecule has 13 aromatic rings. The van der Waals surface area contributed by atoms with Crippen molar-refractivity contribution in [3.8, 4) is 89.8 Å². The van der Waals surface area contributed by atoms with Crippen LogP contribution >= 0.6 is 0 Å². The summed E-state index contributed by atoms with van der Waals surface area (Å²) in [6.07, 6.45) is 3.65. The van der Waals surface area contributed by atoms with E-state index in [1.54, 1.807) is 0 Å². The van der Waals surface area contributed by atoms with Gasteiger partial charge in [0.25, 0.3) is 0 Å². The summed E-state index contributed by atoms with van der Waals surface area (Å²) in [5, 5.41) is 9.81. The first-order valence-electron chi connectivity index (χ1n) is 23.7. The number of hydrogen-bond donors (Lipinski definition) is 0. The molecule has 3 heterocycles. The fourth-order valence-electron chi connectivity index (χ4n) is 10.0. The Morgan fingerprint density at radius 2 is 0.600 bits per heavy atom. The minimum Gasteiger partial charge on any atom is -0.256 e. The van der Waals surface area contributed by atoms with Crippen LogP contribution in [0.15, 0.2) is 255 Å². The normalized spacial score (nSPS) is 11.4. The molecule has 0 aliphatic heterocycles. The zero-order valence-corrected chi connectivity index (χ0v) is 38.0. The Labute approximate surface area is 405 Å². The maximum absolute atomic E-state index is 5.23. The van der Waals surface area contributed by atoms with Crippen molar-refractivity contribution >= 4 is 43.1 Å². The van der Waals surface area contributed by atoms with E-state index in [2.05, 4.69) is 216 Å². The van der Waals surface area contributed by atoms with Gasteiger partial charge in [0.05, 0.1) is 22.8 Å². The van der Waals surface area contributed by atoms with Crippen LogP contribution in [-0.4, -0.2) is 19.9 Å². The third-order valence-electron chi connectivity index (χ3n) is 13.6. The first-order chi connectivity index (χ1) is 34.7. The number of benzene rings is 10. The molecule has 70 heavy (non-hydrogen) atoms. The van der Waals surface area contributed by atoms with Gasteiger partial charge < -0.3 is 0 Å². The first kappa shape index (κ1) is 40.9. The molecule has 10 aromatic carbocycles. The van der Waals surface area contributed by atoms with E-state index in [-0.39, 0.29) is 0 Å². The molecule has 0 unspecified atom stereocenters. The van der Waals surface area contributed by atoms with Gasteiger partial charge >= 0.3 is 0 Å². The van der Waals surface area contributed by atoms with Crippen molar-refractivity contribution in [2.75, 3.05) is 0 Å². The zero-order chi connectivity index (χ0) is 46.4. The highest BCUT2D eigenvalue weighted by molar-refractivity contribution is 6.22. The van der Waals surface area contributed by atoms with Crippen molar-refractivity contribution in [3.05, 3.63) is 255 Å². The third kappa shape index (κ3) is 7.54. The van der Waals surface area contributed by atoms with Crippen LogP contribution in [0.1, 0.15) is 0 Å². The van der Waals surface area contributed by atoms with Crippen molar-refractivity contribution in [2.24, 2.45) is 0 Å². The molecule has 0 radical (unpaired) electrons. The Bertz CT molecular complexity index is 3970. The fourth-order valence-corrected chi connectivity index (χ4v) is 10.0. The van der Waals surface area contributed by atoms with E-state index in [9.17, 15) is 0 Å². The number of aromatic nitrogens is 4. The van der Waals surface area contributed by atoms with Gasteiger partial charge in [-0.15, -0.1) is 0 Å². The minimum absolute atomic E-state index is 0.658. The average molecular weight is 891 g/mol. The minimum atomic E-state index is 0.658. The molecule has 0 N–H and O–H groups in total. The van der Waals surface area contributed by atoms with Crippen molar-refractivity contribution < 1.29 is 0 Å². The summed E-state index contributed by atoms with van der Waals surface area (Å²) in [5.74, 6) is 0.658. The second kappa shape index (κ2) is 17.4. The van der Waals surface area contributed by atoms with E-state index in [1.807, 2.05) is 48.8 Å². The summed E-state index contributed by atoms with van der Waals surface area (Å²) in [6.45, 7) is 0. The summed E-state index contributed by atoms with van der Waals surface area (Å²) in [6, 6.07) is 86.6. The summed E-state index contributed by atoms with van der Waals surface area (Å²) >= 11 is 0. The van der Waals surface area contributed by atoms with E-state index in [0.29, 0.717) is 5.82 Å². The van der Waals surface area contributed by atoms with Crippen LogP contribution in [0.2, 0.25) is 0 Å². The number of nitrogens with zero attached hydrogens (tertiary/aromatic N) is 4. The van der Waals surface area contributed by atoms with Crippen LogP contribution in [0.25, 0.3) is 133 Å². The van der Waals surface area contributed by atoms with Gasteiger partial charge in [-0.1, -0.05) is 194 Å². The molecule has 0 fully saturated rings. The third-order valence-corrected chi connectivity index (χ3v) is 13.6. The van der Waals surface area contributed by atoms with Crippen LogP contribution in [0.4, 0.5) is 0 Å². The highest BCUT2D eigenvalue weighted by Gasteiger charge is 2.19. The molecule has 3 aromatic heterocycles.